The van der Waals surface area contributed by atoms with Crippen LogP contribution >= 0.6 is 0 Å². The number of hydrogen-bond donors (Lipinski definition) is 1. The van der Waals surface area contributed by atoms with Crippen LogP contribution in [0.4, 0.5) is 5.69 Å². The Kier molecular flexibility index (Phi) is 5.24. The minimum absolute atomic E-state index is 0.0272. The minimum Gasteiger partial charge on any atom is -0.352 e. The van der Waals surface area contributed by atoms with Gasteiger partial charge in [0.25, 0.3) is 5.91 Å². The first kappa shape index (κ1) is 18.7. The number of nitrogens with zero attached hydrogens (tertiary/aromatic N) is 2. The van der Waals surface area contributed by atoms with Crippen LogP contribution in [0.5, 0.6) is 0 Å². The molecule has 0 aliphatic carbocycles. The standard InChI is InChI=1S/C23H21N3O3/c27-16-26-14-10-18-15-19(5-8-21(18)26)22(28)9-11-24-23(29)17-3-6-20(7-4-17)25-12-1-2-13-25/h1-8,12-13,15-16H,9-11,14H2,(H,24,29). The largest absolute Gasteiger partial charge is 0.352 e. The fourth-order valence-corrected chi connectivity index (χ4v) is 3.54. The highest BCUT2D eigenvalue weighted by Crippen LogP contribution is 2.27. The molecule has 4 rings (SSSR count). The average Bonchev–Trinajstić information content (AvgIpc) is 3.43. The Labute approximate surface area is 168 Å². The molecule has 0 radical (unpaired) electrons. The summed E-state index contributed by atoms with van der Waals surface area (Å²) in [5.74, 6) is -0.229. The molecule has 1 N–H and O–H groups in total. The van der Waals surface area contributed by atoms with Crippen molar-refractivity contribution in [3.63, 3.8) is 0 Å². The summed E-state index contributed by atoms with van der Waals surface area (Å²) in [6.07, 6.45) is 5.68. The van der Waals surface area contributed by atoms with Crippen molar-refractivity contribution in [2.45, 2.75) is 12.8 Å². The summed E-state index contributed by atoms with van der Waals surface area (Å²) in [5, 5.41) is 2.80. The van der Waals surface area contributed by atoms with E-state index in [4.69, 9.17) is 0 Å². The smallest absolute Gasteiger partial charge is 0.251 e. The molecule has 29 heavy (non-hydrogen) atoms. The lowest BCUT2D eigenvalue weighted by Gasteiger charge is -2.10. The van der Waals surface area contributed by atoms with Crippen molar-refractivity contribution in [2.75, 3.05) is 18.0 Å². The van der Waals surface area contributed by atoms with Crippen molar-refractivity contribution < 1.29 is 14.4 Å². The highest BCUT2D eigenvalue weighted by atomic mass is 16.2. The Balaban J connectivity index is 1.31. The van der Waals surface area contributed by atoms with Crippen molar-refractivity contribution >= 4 is 23.8 Å². The molecule has 6 heteroatoms. The van der Waals surface area contributed by atoms with Gasteiger partial charge in [0.05, 0.1) is 0 Å². The van der Waals surface area contributed by atoms with Gasteiger partial charge in [0.15, 0.2) is 5.78 Å². The van der Waals surface area contributed by atoms with E-state index in [0.29, 0.717) is 17.7 Å². The van der Waals surface area contributed by atoms with Crippen LogP contribution in [0, 0.1) is 0 Å². The van der Waals surface area contributed by atoms with Gasteiger partial charge in [-0.3, -0.25) is 14.4 Å². The predicted octanol–water partition coefficient (Wildman–Crippen LogP) is 3.00. The number of aromatic nitrogens is 1. The van der Waals surface area contributed by atoms with Crippen molar-refractivity contribution in [3.8, 4) is 5.69 Å². The third-order valence-electron chi connectivity index (χ3n) is 5.13. The SMILES string of the molecule is O=CN1CCc2cc(C(=O)CCNC(=O)c3ccc(-n4cccc4)cc3)ccc21. The van der Waals surface area contributed by atoms with E-state index < -0.39 is 0 Å². The van der Waals surface area contributed by atoms with Crippen LogP contribution in [0.1, 0.15) is 32.7 Å². The van der Waals surface area contributed by atoms with E-state index >= 15 is 0 Å². The second-order valence-corrected chi connectivity index (χ2v) is 6.96. The van der Waals surface area contributed by atoms with Crippen LogP contribution in [0.2, 0.25) is 0 Å². The number of carbonyl (C=O) groups is 3. The molecule has 6 nitrogen and oxygen atoms in total. The number of fused-ring (bicyclic) bond motifs is 1. The molecular formula is C23H21N3O3. The molecule has 146 valence electrons. The van der Waals surface area contributed by atoms with Crippen molar-refractivity contribution in [2.24, 2.45) is 0 Å². The van der Waals surface area contributed by atoms with Crippen molar-refractivity contribution in [1.29, 1.82) is 0 Å². The molecule has 3 aromatic rings. The van der Waals surface area contributed by atoms with Gasteiger partial charge < -0.3 is 14.8 Å². The maximum atomic E-state index is 12.5. The van der Waals surface area contributed by atoms with Crippen LogP contribution in [-0.4, -0.2) is 35.8 Å². The molecule has 0 atom stereocenters. The third kappa shape index (κ3) is 3.96. The van der Waals surface area contributed by atoms with E-state index in [0.717, 1.165) is 29.8 Å². The Morgan fingerprint density at radius 2 is 1.72 bits per heavy atom. The number of ketones is 1. The van der Waals surface area contributed by atoms with E-state index in [2.05, 4.69) is 5.32 Å². The van der Waals surface area contributed by atoms with Gasteiger partial charge >= 0.3 is 0 Å². The monoisotopic (exact) mass is 387 g/mol. The molecule has 2 aromatic carbocycles. The fourth-order valence-electron chi connectivity index (χ4n) is 3.54. The number of Topliss-reactive ketones (excluding diaryl/α,β-unsaturated/α-hetero) is 1. The number of amides is 2. The summed E-state index contributed by atoms with van der Waals surface area (Å²) >= 11 is 0. The number of hydrogen-bond acceptors (Lipinski definition) is 3. The minimum atomic E-state index is -0.201. The molecule has 1 aliphatic heterocycles. The summed E-state index contributed by atoms with van der Waals surface area (Å²) in [6.45, 7) is 0.921. The average molecular weight is 387 g/mol. The molecule has 2 amide bonds. The zero-order valence-corrected chi connectivity index (χ0v) is 15.9. The van der Waals surface area contributed by atoms with E-state index in [9.17, 15) is 14.4 Å². The number of nitrogens with one attached hydrogen (secondary N) is 1. The highest BCUT2D eigenvalue weighted by molar-refractivity contribution is 5.98. The van der Waals surface area contributed by atoms with Gasteiger partial charge in [0.2, 0.25) is 6.41 Å². The summed E-state index contributed by atoms with van der Waals surface area (Å²) in [7, 11) is 0. The first-order valence-corrected chi connectivity index (χ1v) is 9.55. The number of benzene rings is 2. The molecule has 1 aliphatic rings. The molecule has 2 heterocycles. The lowest BCUT2D eigenvalue weighted by molar-refractivity contribution is -0.107. The van der Waals surface area contributed by atoms with Gasteiger partial charge in [0.1, 0.15) is 0 Å². The lowest BCUT2D eigenvalue weighted by Crippen LogP contribution is -2.26. The highest BCUT2D eigenvalue weighted by Gasteiger charge is 2.19. The Hall–Kier alpha value is -3.67. The first-order chi connectivity index (χ1) is 14.2. The van der Waals surface area contributed by atoms with Gasteiger partial charge in [-0.2, -0.15) is 0 Å². The maximum Gasteiger partial charge on any atom is 0.251 e. The molecular weight excluding hydrogens is 366 g/mol. The number of carbonyl (C=O) groups excluding carboxylic acids is 3. The van der Waals surface area contributed by atoms with Crippen LogP contribution in [0.15, 0.2) is 67.0 Å². The summed E-state index contributed by atoms with van der Waals surface area (Å²) < 4.78 is 1.96. The van der Waals surface area contributed by atoms with Crippen LogP contribution in [0.25, 0.3) is 5.69 Å². The fraction of sp³-hybridized carbons (Fsp3) is 0.174. The number of anilines is 1. The molecule has 1 aromatic heterocycles. The molecule has 0 bridgehead atoms. The first-order valence-electron chi connectivity index (χ1n) is 9.55. The molecule has 0 saturated carbocycles. The van der Waals surface area contributed by atoms with Crippen molar-refractivity contribution in [3.05, 3.63) is 83.7 Å². The Morgan fingerprint density at radius 1 is 1.00 bits per heavy atom. The zero-order chi connectivity index (χ0) is 20.2. The van der Waals surface area contributed by atoms with Gasteiger partial charge in [-0.05, 0) is 66.6 Å². The van der Waals surface area contributed by atoms with Crippen LogP contribution in [0.3, 0.4) is 0 Å². The summed E-state index contributed by atoms with van der Waals surface area (Å²) in [4.78, 5) is 37.4. The maximum absolute atomic E-state index is 12.5. The zero-order valence-electron chi connectivity index (χ0n) is 15.9. The quantitative estimate of drug-likeness (QED) is 0.500. The lowest BCUT2D eigenvalue weighted by atomic mass is 10.0. The van der Waals surface area contributed by atoms with Gasteiger partial charge in [-0.25, -0.2) is 0 Å². The van der Waals surface area contributed by atoms with Crippen molar-refractivity contribution in [1.82, 2.24) is 9.88 Å². The second kappa shape index (κ2) is 8.14. The van der Waals surface area contributed by atoms with E-state index in [1.54, 1.807) is 23.1 Å². The molecule has 0 unspecified atom stereocenters. The van der Waals surface area contributed by atoms with Gasteiger partial charge in [0, 0.05) is 54.4 Å². The summed E-state index contributed by atoms with van der Waals surface area (Å²) in [5.41, 5.74) is 4.02. The van der Waals surface area contributed by atoms with Gasteiger partial charge in [-0.15, -0.1) is 0 Å². The van der Waals surface area contributed by atoms with E-state index in [-0.39, 0.29) is 24.7 Å². The normalized spacial score (nSPS) is 12.5. The molecule has 0 saturated heterocycles. The van der Waals surface area contributed by atoms with E-state index in [1.807, 2.05) is 53.4 Å². The predicted molar refractivity (Wildman–Crippen MR) is 111 cm³/mol. The van der Waals surface area contributed by atoms with Gasteiger partial charge in [-0.1, -0.05) is 0 Å². The van der Waals surface area contributed by atoms with Crippen LogP contribution in [-0.2, 0) is 11.2 Å². The topological polar surface area (TPSA) is 71.4 Å². The number of rotatable bonds is 7. The van der Waals surface area contributed by atoms with Crippen LogP contribution < -0.4 is 10.2 Å². The second-order valence-electron chi connectivity index (χ2n) is 6.96. The Bertz CT molecular complexity index is 1040. The third-order valence-corrected chi connectivity index (χ3v) is 5.13. The summed E-state index contributed by atoms with van der Waals surface area (Å²) in [6, 6.07) is 16.6. The molecule has 0 fully saturated rings. The Morgan fingerprint density at radius 3 is 2.45 bits per heavy atom. The molecule has 0 spiro atoms. The van der Waals surface area contributed by atoms with E-state index in [1.165, 1.54) is 0 Å².